The summed E-state index contributed by atoms with van der Waals surface area (Å²) in [7, 11) is 0. The lowest BCUT2D eigenvalue weighted by molar-refractivity contribution is -0.110. The Bertz CT molecular complexity index is 125. The van der Waals surface area contributed by atoms with E-state index in [9.17, 15) is 4.79 Å². The van der Waals surface area contributed by atoms with E-state index in [2.05, 4.69) is 39.9 Å². The van der Waals surface area contributed by atoms with Gasteiger partial charge in [-0.2, -0.15) is 0 Å². The predicted octanol–water partition coefficient (Wildman–Crippen LogP) is 4.00. The molecule has 94 valence electrons. The second kappa shape index (κ2) is 13.5. The monoisotopic (exact) mass is 217 g/mol. The van der Waals surface area contributed by atoms with Crippen molar-refractivity contribution >= 4 is 6.41 Å². The number of hydrogen-bond donors (Lipinski definition) is 1. The molecule has 0 spiro atoms. The molecule has 0 aromatic rings. The minimum absolute atomic E-state index is 0. The van der Waals surface area contributed by atoms with E-state index in [1.165, 1.54) is 25.7 Å². The summed E-state index contributed by atoms with van der Waals surface area (Å²) < 4.78 is 0. The van der Waals surface area contributed by atoms with Gasteiger partial charge in [0.05, 0.1) is 0 Å². The number of hydrogen-bond acceptors (Lipinski definition) is 1. The Kier molecular flexibility index (Phi) is 15.2. The van der Waals surface area contributed by atoms with Crippen LogP contribution in [0.15, 0.2) is 0 Å². The quantitative estimate of drug-likeness (QED) is 0.507. The Balaban J connectivity index is -0.000000214. The van der Waals surface area contributed by atoms with Gasteiger partial charge in [-0.25, -0.2) is 0 Å². The lowest BCUT2D eigenvalue weighted by Gasteiger charge is -2.16. The Morgan fingerprint density at radius 1 is 1.13 bits per heavy atom. The van der Waals surface area contributed by atoms with Crippen molar-refractivity contribution in [2.75, 3.05) is 0 Å². The van der Waals surface area contributed by atoms with Crippen LogP contribution in [0.25, 0.3) is 0 Å². The van der Waals surface area contributed by atoms with Crippen LogP contribution in [0, 0.1) is 5.92 Å². The summed E-state index contributed by atoms with van der Waals surface area (Å²) in [5.41, 5.74) is 0. The molecule has 15 heavy (non-hydrogen) atoms. The molecule has 0 aromatic carbocycles. The van der Waals surface area contributed by atoms with Crippen molar-refractivity contribution in [3.63, 3.8) is 0 Å². The molecule has 1 N–H and O–H groups in total. The SMILES string of the molecule is CCC(NC=O)C(C)C.CCCCCC.[HH]. The van der Waals surface area contributed by atoms with E-state index in [0.717, 1.165) is 12.8 Å². The normalized spacial score (nSPS) is 11.6. The number of unbranched alkanes of at least 4 members (excludes halogenated alkanes) is 3. The summed E-state index contributed by atoms with van der Waals surface area (Å²) in [6, 6.07) is 0.350. The largest absolute Gasteiger partial charge is 0.356 e. The first-order valence-corrected chi connectivity index (χ1v) is 6.33. The molecule has 0 saturated heterocycles. The molecule has 0 radical (unpaired) electrons. The maximum absolute atomic E-state index is 9.97. The summed E-state index contributed by atoms with van der Waals surface area (Å²) in [4.78, 5) is 9.97. The molecule has 0 aliphatic rings. The van der Waals surface area contributed by atoms with E-state index in [0.29, 0.717) is 12.0 Å². The zero-order valence-corrected chi connectivity index (χ0v) is 11.2. The Labute approximate surface area is 97.3 Å². The van der Waals surface area contributed by atoms with Crippen molar-refractivity contribution < 1.29 is 6.22 Å². The Hall–Kier alpha value is -0.530. The van der Waals surface area contributed by atoms with Crippen molar-refractivity contribution in [2.24, 2.45) is 5.92 Å². The van der Waals surface area contributed by atoms with E-state index in [4.69, 9.17) is 0 Å². The lowest BCUT2D eigenvalue weighted by atomic mass is 10.0. The third-order valence-electron chi connectivity index (χ3n) is 2.48. The van der Waals surface area contributed by atoms with Crippen molar-refractivity contribution in [1.82, 2.24) is 5.32 Å². The Morgan fingerprint density at radius 2 is 1.60 bits per heavy atom. The van der Waals surface area contributed by atoms with Gasteiger partial charge < -0.3 is 5.32 Å². The minimum Gasteiger partial charge on any atom is -0.356 e. The van der Waals surface area contributed by atoms with Crippen LogP contribution >= 0.6 is 0 Å². The van der Waals surface area contributed by atoms with Gasteiger partial charge >= 0.3 is 0 Å². The summed E-state index contributed by atoms with van der Waals surface area (Å²) in [5, 5.41) is 2.75. The highest BCUT2D eigenvalue weighted by atomic mass is 16.1. The summed E-state index contributed by atoms with van der Waals surface area (Å²) in [6.45, 7) is 10.7. The van der Waals surface area contributed by atoms with Crippen LogP contribution in [0.3, 0.4) is 0 Å². The van der Waals surface area contributed by atoms with Gasteiger partial charge in [-0.3, -0.25) is 4.79 Å². The van der Waals surface area contributed by atoms with Gasteiger partial charge in [-0.1, -0.05) is 60.3 Å². The van der Waals surface area contributed by atoms with Gasteiger partial charge in [0.1, 0.15) is 0 Å². The average molecular weight is 217 g/mol. The van der Waals surface area contributed by atoms with E-state index in [1.54, 1.807) is 0 Å². The van der Waals surface area contributed by atoms with Crippen LogP contribution in [0.1, 0.15) is 68.1 Å². The third kappa shape index (κ3) is 13.5. The fraction of sp³-hybridized carbons (Fsp3) is 0.923. The molecule has 1 atom stereocenters. The molecular weight excluding hydrogens is 186 g/mol. The molecule has 2 nitrogen and oxygen atoms in total. The van der Waals surface area contributed by atoms with Gasteiger partial charge in [-0.15, -0.1) is 0 Å². The second-order valence-corrected chi connectivity index (χ2v) is 4.25. The highest BCUT2D eigenvalue weighted by Gasteiger charge is 2.07. The van der Waals surface area contributed by atoms with Crippen molar-refractivity contribution in [3.8, 4) is 0 Å². The van der Waals surface area contributed by atoms with Gasteiger partial charge in [0.15, 0.2) is 0 Å². The fourth-order valence-corrected chi connectivity index (χ4v) is 1.37. The van der Waals surface area contributed by atoms with Crippen LogP contribution in [0.4, 0.5) is 0 Å². The van der Waals surface area contributed by atoms with Gasteiger partial charge in [-0.05, 0) is 12.3 Å². The van der Waals surface area contributed by atoms with Crippen LogP contribution in [0.5, 0.6) is 0 Å². The predicted molar refractivity (Wildman–Crippen MR) is 70.0 cm³/mol. The van der Waals surface area contributed by atoms with Crippen molar-refractivity contribution in [3.05, 3.63) is 0 Å². The van der Waals surface area contributed by atoms with E-state index in [1.807, 2.05) is 0 Å². The molecule has 0 fully saturated rings. The third-order valence-corrected chi connectivity index (χ3v) is 2.48. The summed E-state index contributed by atoms with van der Waals surface area (Å²) in [5.74, 6) is 0.542. The first-order chi connectivity index (χ1) is 7.13. The molecule has 0 saturated carbocycles. The molecule has 0 rings (SSSR count). The maximum Gasteiger partial charge on any atom is 0.207 e. The van der Waals surface area contributed by atoms with Crippen LogP contribution < -0.4 is 5.32 Å². The average Bonchev–Trinajstić information content (AvgIpc) is 2.23. The fourth-order valence-electron chi connectivity index (χ4n) is 1.37. The first kappa shape index (κ1) is 16.9. The highest BCUT2D eigenvalue weighted by Crippen LogP contribution is 2.03. The smallest absolute Gasteiger partial charge is 0.207 e. The van der Waals surface area contributed by atoms with Crippen LogP contribution in [-0.2, 0) is 4.79 Å². The van der Waals surface area contributed by atoms with Gasteiger partial charge in [0, 0.05) is 7.47 Å². The zero-order valence-electron chi connectivity index (χ0n) is 11.2. The lowest BCUT2D eigenvalue weighted by Crippen LogP contribution is -2.31. The number of nitrogens with one attached hydrogen (secondary N) is 1. The van der Waals surface area contributed by atoms with Crippen molar-refractivity contribution in [2.45, 2.75) is 72.8 Å². The Morgan fingerprint density at radius 3 is 1.73 bits per heavy atom. The second-order valence-electron chi connectivity index (χ2n) is 4.25. The molecule has 0 aliphatic carbocycles. The minimum atomic E-state index is 0. The summed E-state index contributed by atoms with van der Waals surface area (Å²) in [6.07, 6.45) is 7.32. The molecular formula is C13H31NO. The highest BCUT2D eigenvalue weighted by molar-refractivity contribution is 5.46. The summed E-state index contributed by atoms with van der Waals surface area (Å²) >= 11 is 0. The van der Waals surface area contributed by atoms with E-state index in [-0.39, 0.29) is 1.43 Å². The van der Waals surface area contributed by atoms with Gasteiger partial charge in [0.25, 0.3) is 0 Å². The zero-order chi connectivity index (χ0) is 12.1. The molecule has 1 amide bonds. The maximum atomic E-state index is 9.97. The molecule has 2 heteroatoms. The number of carbonyl (C=O) groups is 1. The molecule has 0 aromatic heterocycles. The number of carbonyl (C=O) groups excluding carboxylic acids is 1. The van der Waals surface area contributed by atoms with Crippen LogP contribution in [0.2, 0.25) is 0 Å². The van der Waals surface area contributed by atoms with E-state index >= 15 is 0 Å². The molecule has 0 aliphatic heterocycles. The standard InChI is InChI=1S/C7H15NO.C6H14.H2/c1-4-7(6(2)3)8-5-9;1-3-5-6-4-2;/h5-7H,4H2,1-3H3,(H,8,9);3-6H2,1-2H3;1H. The van der Waals surface area contributed by atoms with Crippen LogP contribution in [-0.4, -0.2) is 12.5 Å². The number of rotatable bonds is 7. The first-order valence-electron chi connectivity index (χ1n) is 6.33. The molecule has 0 heterocycles. The molecule has 0 bridgehead atoms. The molecule has 1 unspecified atom stereocenters. The van der Waals surface area contributed by atoms with Crippen molar-refractivity contribution in [1.29, 1.82) is 0 Å². The van der Waals surface area contributed by atoms with Gasteiger partial charge in [0.2, 0.25) is 6.41 Å². The number of amides is 1. The van der Waals surface area contributed by atoms with E-state index < -0.39 is 0 Å². The topological polar surface area (TPSA) is 29.1 Å².